The smallest absolute Gasteiger partial charge is 0.376 e. The van der Waals surface area contributed by atoms with Crippen molar-refractivity contribution >= 4 is 33.1 Å². The first kappa shape index (κ1) is 18.7. The van der Waals surface area contributed by atoms with Crippen LogP contribution in [0, 0.1) is 0 Å². The largest absolute Gasteiger partial charge is 0.416 e. The van der Waals surface area contributed by atoms with Gasteiger partial charge in [-0.15, -0.1) is 11.3 Å². The number of rotatable bonds is 4. The number of halogens is 3. The summed E-state index contributed by atoms with van der Waals surface area (Å²) in [6.07, 6.45) is -2.68. The zero-order chi connectivity index (χ0) is 19.7. The molecule has 1 fully saturated rings. The van der Waals surface area contributed by atoms with Crippen molar-refractivity contribution in [2.24, 2.45) is 0 Å². The zero-order valence-corrected chi connectivity index (χ0v) is 15.7. The molecule has 1 saturated heterocycles. The van der Waals surface area contributed by atoms with E-state index in [1.54, 1.807) is 16.2 Å². The number of hydrogen-bond donors (Lipinski definition) is 1. The van der Waals surface area contributed by atoms with Crippen molar-refractivity contribution in [1.82, 2.24) is 9.88 Å². The number of anilines is 1. The first-order valence-corrected chi connectivity index (χ1v) is 9.79. The van der Waals surface area contributed by atoms with Crippen LogP contribution in [0.4, 0.5) is 18.9 Å². The molecule has 8 heteroatoms. The second kappa shape index (κ2) is 7.43. The minimum Gasteiger partial charge on any atom is -0.376 e. The second-order valence-electron chi connectivity index (χ2n) is 6.70. The highest BCUT2D eigenvalue weighted by atomic mass is 32.1. The number of nitrogens with zero attached hydrogens (tertiary/aromatic N) is 2. The third-order valence-corrected chi connectivity index (χ3v) is 5.94. The fourth-order valence-electron chi connectivity index (χ4n) is 3.44. The molecule has 2 aromatic carbocycles. The second-order valence-corrected chi connectivity index (χ2v) is 7.76. The van der Waals surface area contributed by atoms with E-state index in [-0.39, 0.29) is 24.2 Å². The maximum atomic E-state index is 12.8. The Bertz CT molecular complexity index is 969. The number of thiazole rings is 1. The maximum Gasteiger partial charge on any atom is 0.416 e. The van der Waals surface area contributed by atoms with Gasteiger partial charge in [0.1, 0.15) is 5.01 Å². The lowest BCUT2D eigenvalue weighted by Gasteiger charge is -2.23. The summed E-state index contributed by atoms with van der Waals surface area (Å²) in [5.74, 6) is -0.140. The van der Waals surface area contributed by atoms with Crippen molar-refractivity contribution in [2.45, 2.75) is 25.1 Å². The molecule has 0 bridgehead atoms. The molecule has 1 atom stereocenters. The van der Waals surface area contributed by atoms with E-state index < -0.39 is 11.7 Å². The molecular formula is C20H18F3N3OS. The van der Waals surface area contributed by atoms with E-state index in [0.717, 1.165) is 40.2 Å². The molecule has 1 aliphatic heterocycles. The number of benzene rings is 2. The Morgan fingerprint density at radius 2 is 2.04 bits per heavy atom. The van der Waals surface area contributed by atoms with Gasteiger partial charge in [0.15, 0.2) is 0 Å². The van der Waals surface area contributed by atoms with Gasteiger partial charge in [-0.1, -0.05) is 18.2 Å². The molecular weight excluding hydrogens is 387 g/mol. The van der Waals surface area contributed by atoms with Crippen LogP contribution in [-0.2, 0) is 11.0 Å². The first-order valence-electron chi connectivity index (χ1n) is 8.98. The molecule has 0 radical (unpaired) electrons. The summed E-state index contributed by atoms with van der Waals surface area (Å²) in [7, 11) is 0. The van der Waals surface area contributed by atoms with Crippen LogP contribution in [0.3, 0.4) is 0 Å². The lowest BCUT2D eigenvalue weighted by molar-refractivity contribution is -0.137. The third-order valence-electron chi connectivity index (χ3n) is 4.80. The highest BCUT2D eigenvalue weighted by Crippen LogP contribution is 2.36. The predicted octanol–water partition coefficient (Wildman–Crippen LogP) is 5.09. The number of likely N-dealkylation sites (tertiary alicyclic amines) is 1. The fourth-order valence-corrected chi connectivity index (χ4v) is 4.55. The summed E-state index contributed by atoms with van der Waals surface area (Å²) in [6, 6.07) is 12.7. The van der Waals surface area contributed by atoms with Crippen LogP contribution in [0.2, 0.25) is 0 Å². The third kappa shape index (κ3) is 3.82. The highest BCUT2D eigenvalue weighted by molar-refractivity contribution is 7.18. The van der Waals surface area contributed by atoms with Crippen molar-refractivity contribution in [3.63, 3.8) is 0 Å². The van der Waals surface area contributed by atoms with Gasteiger partial charge in [-0.05, 0) is 43.2 Å². The standard InChI is InChI=1S/C20H18F3N3OS/c21-20(22,23)13-5-3-6-14(11-13)24-12-18(27)26-10-4-8-16(26)19-25-15-7-1-2-9-17(15)28-19/h1-3,5-7,9,11,16,24H,4,8,10,12H2/t16-/m1/s1. The number of alkyl halides is 3. The fraction of sp³-hybridized carbons (Fsp3) is 0.300. The van der Waals surface area contributed by atoms with Gasteiger partial charge >= 0.3 is 6.18 Å². The van der Waals surface area contributed by atoms with Gasteiger partial charge in [0.05, 0.1) is 28.4 Å². The Hall–Kier alpha value is -2.61. The van der Waals surface area contributed by atoms with E-state index in [2.05, 4.69) is 10.3 Å². The molecule has 1 N–H and O–H groups in total. The molecule has 0 spiro atoms. The van der Waals surface area contributed by atoms with E-state index in [9.17, 15) is 18.0 Å². The minimum absolute atomic E-state index is 0.0529. The van der Waals surface area contributed by atoms with Crippen molar-refractivity contribution < 1.29 is 18.0 Å². The molecule has 28 heavy (non-hydrogen) atoms. The Morgan fingerprint density at radius 3 is 2.82 bits per heavy atom. The van der Waals surface area contributed by atoms with Crippen molar-refractivity contribution in [3.8, 4) is 0 Å². The average molecular weight is 405 g/mol. The summed E-state index contributed by atoms with van der Waals surface area (Å²) in [4.78, 5) is 19.2. The van der Waals surface area contributed by atoms with Crippen molar-refractivity contribution in [3.05, 3.63) is 59.1 Å². The van der Waals surface area contributed by atoms with Crippen molar-refractivity contribution in [1.29, 1.82) is 0 Å². The topological polar surface area (TPSA) is 45.2 Å². The maximum absolute atomic E-state index is 12.8. The lowest BCUT2D eigenvalue weighted by Crippen LogP contribution is -2.35. The summed E-state index contributed by atoms with van der Waals surface area (Å²) in [5, 5.41) is 3.73. The van der Waals surface area contributed by atoms with Crippen LogP contribution in [0.1, 0.15) is 29.5 Å². The molecule has 1 aromatic heterocycles. The molecule has 0 unspecified atom stereocenters. The molecule has 1 aliphatic rings. The number of amides is 1. The van der Waals surface area contributed by atoms with Crippen LogP contribution < -0.4 is 5.32 Å². The molecule has 1 amide bonds. The molecule has 0 saturated carbocycles. The van der Waals surface area contributed by atoms with Gasteiger partial charge in [0, 0.05) is 12.2 Å². The van der Waals surface area contributed by atoms with Gasteiger partial charge in [-0.25, -0.2) is 4.98 Å². The van der Waals surface area contributed by atoms with Gasteiger partial charge < -0.3 is 10.2 Å². The van der Waals surface area contributed by atoms with Crippen LogP contribution in [-0.4, -0.2) is 28.9 Å². The van der Waals surface area contributed by atoms with Crippen LogP contribution >= 0.6 is 11.3 Å². The summed E-state index contributed by atoms with van der Waals surface area (Å²) < 4.78 is 39.6. The number of para-hydroxylation sites is 1. The van der Waals surface area contributed by atoms with Crippen LogP contribution in [0.5, 0.6) is 0 Å². The number of hydrogen-bond acceptors (Lipinski definition) is 4. The molecule has 4 nitrogen and oxygen atoms in total. The first-order chi connectivity index (χ1) is 13.4. The normalized spacial score (nSPS) is 17.2. The van der Waals surface area contributed by atoms with Gasteiger partial charge in [-0.3, -0.25) is 4.79 Å². The summed E-state index contributed by atoms with van der Waals surface area (Å²) >= 11 is 1.58. The molecule has 3 aromatic rings. The summed E-state index contributed by atoms with van der Waals surface area (Å²) in [5.41, 5.74) is 0.460. The van der Waals surface area contributed by atoms with E-state index in [1.165, 1.54) is 12.1 Å². The van der Waals surface area contributed by atoms with Gasteiger partial charge in [0.25, 0.3) is 0 Å². The van der Waals surface area contributed by atoms with Crippen LogP contribution in [0.15, 0.2) is 48.5 Å². The van der Waals surface area contributed by atoms with E-state index >= 15 is 0 Å². The molecule has 146 valence electrons. The number of fused-ring (bicyclic) bond motifs is 1. The Kier molecular flexibility index (Phi) is 4.97. The van der Waals surface area contributed by atoms with Crippen molar-refractivity contribution in [2.75, 3.05) is 18.4 Å². The summed E-state index contributed by atoms with van der Waals surface area (Å²) in [6.45, 7) is 0.576. The van der Waals surface area contributed by atoms with Gasteiger partial charge in [0.2, 0.25) is 5.91 Å². The van der Waals surface area contributed by atoms with E-state index in [1.807, 2.05) is 24.3 Å². The number of carbonyl (C=O) groups excluding carboxylic acids is 1. The zero-order valence-electron chi connectivity index (χ0n) is 14.9. The monoisotopic (exact) mass is 405 g/mol. The minimum atomic E-state index is -4.41. The van der Waals surface area contributed by atoms with E-state index in [0.29, 0.717) is 6.54 Å². The number of carbonyl (C=O) groups is 1. The Morgan fingerprint density at radius 1 is 1.21 bits per heavy atom. The molecule has 4 rings (SSSR count). The van der Waals surface area contributed by atoms with E-state index in [4.69, 9.17) is 0 Å². The SMILES string of the molecule is O=C(CNc1cccc(C(F)(F)F)c1)N1CCC[C@@H]1c1nc2ccccc2s1. The lowest BCUT2D eigenvalue weighted by atomic mass is 10.2. The average Bonchev–Trinajstić information content (AvgIpc) is 3.32. The molecule has 2 heterocycles. The molecule has 0 aliphatic carbocycles. The Balaban J connectivity index is 1.45. The quantitative estimate of drug-likeness (QED) is 0.658. The number of nitrogens with one attached hydrogen (secondary N) is 1. The predicted molar refractivity (Wildman–Crippen MR) is 103 cm³/mol. The van der Waals surface area contributed by atoms with Crippen LogP contribution in [0.25, 0.3) is 10.2 Å². The highest BCUT2D eigenvalue weighted by Gasteiger charge is 2.32. The van der Waals surface area contributed by atoms with Gasteiger partial charge in [-0.2, -0.15) is 13.2 Å². The Labute approximate surface area is 164 Å². The number of aromatic nitrogens is 1.